The number of halogens is 2. The molecule has 3 saturated heterocycles. The van der Waals surface area contributed by atoms with Crippen LogP contribution >= 0.6 is 31.9 Å². The number of nitrogens with zero attached hydrogens (tertiary/aromatic N) is 6. The molecule has 3 aromatic rings. The van der Waals surface area contributed by atoms with Gasteiger partial charge in [-0.15, -0.1) is 0 Å². The van der Waals surface area contributed by atoms with Gasteiger partial charge >= 0.3 is 0 Å². The first kappa shape index (κ1) is 39.2. The zero-order valence-electron chi connectivity index (χ0n) is 30.8. The van der Waals surface area contributed by atoms with Crippen molar-refractivity contribution in [2.24, 2.45) is 11.8 Å². The predicted octanol–water partition coefficient (Wildman–Crippen LogP) is 4.06. The molecule has 15 heteroatoms. The molecule has 4 aliphatic heterocycles. The number of benzene rings is 1. The van der Waals surface area contributed by atoms with Crippen LogP contribution in [0.25, 0.3) is 0 Å². The number of carbonyl (C=O) groups excluding carboxylic acids is 4. The highest BCUT2D eigenvalue weighted by Crippen LogP contribution is 2.35. The number of phenolic OH excluding ortho intramolecular Hbond substituents is 1. The average Bonchev–Trinajstić information content (AvgIpc) is 3.55. The van der Waals surface area contributed by atoms with Crippen LogP contribution in [-0.4, -0.2) is 113 Å². The summed E-state index contributed by atoms with van der Waals surface area (Å²) in [4.78, 5) is 72.0. The second-order valence-electron chi connectivity index (χ2n) is 15.0. The van der Waals surface area contributed by atoms with Crippen molar-refractivity contribution < 1.29 is 24.3 Å². The standard InChI is InChI=1S/C40H48Br2N8O5/c41-31-21-27(22-32(42)38(31)53)20-28(24-36(51)48-14-7-30(8-15-48)50-35-2-1-9-45-33(35)25-37(50)52)39(54)46-34(23-26-3-10-43-11-4-26)40(55)49-18-16-47(17-19-49)29-5-12-44-13-6-29/h1-2,5-6,9,12-13,21-22,26,28,30,34,43,53H,3-4,7-8,10-11,14-20,23-25H2,(H,46,54)/t28-,34-/m0/s1. The molecular formula is C40H48Br2N8O5. The fraction of sp³-hybridized carbons (Fsp3) is 0.500. The van der Waals surface area contributed by atoms with Gasteiger partial charge in [-0.3, -0.25) is 29.1 Å². The molecule has 2 aromatic heterocycles. The molecule has 0 saturated carbocycles. The molecule has 55 heavy (non-hydrogen) atoms. The summed E-state index contributed by atoms with van der Waals surface area (Å²) in [5, 5.41) is 16.9. The summed E-state index contributed by atoms with van der Waals surface area (Å²) in [6, 6.07) is 10.5. The topological polar surface area (TPSA) is 151 Å². The predicted molar refractivity (Wildman–Crippen MR) is 216 cm³/mol. The highest BCUT2D eigenvalue weighted by molar-refractivity contribution is 9.11. The van der Waals surface area contributed by atoms with Crippen LogP contribution in [0.1, 0.15) is 49.8 Å². The third kappa shape index (κ3) is 9.32. The van der Waals surface area contributed by atoms with E-state index in [0.29, 0.717) is 73.9 Å². The number of nitrogens with one attached hydrogen (secondary N) is 2. The number of piperazine rings is 1. The zero-order chi connectivity index (χ0) is 38.5. The summed E-state index contributed by atoms with van der Waals surface area (Å²) in [7, 11) is 0. The van der Waals surface area contributed by atoms with Gasteiger partial charge in [-0.2, -0.15) is 0 Å². The van der Waals surface area contributed by atoms with E-state index in [2.05, 4.69) is 57.4 Å². The molecule has 0 bridgehead atoms. The third-order valence-corrected chi connectivity index (χ3v) is 12.7. The molecule has 4 amide bonds. The van der Waals surface area contributed by atoms with E-state index in [1.54, 1.807) is 35.6 Å². The zero-order valence-corrected chi connectivity index (χ0v) is 34.0. The number of rotatable bonds is 11. The van der Waals surface area contributed by atoms with Crippen LogP contribution in [0.15, 0.2) is 63.9 Å². The summed E-state index contributed by atoms with van der Waals surface area (Å²) in [6.07, 6.45) is 9.36. The molecule has 3 fully saturated rings. The normalized spacial score (nSPS) is 19.3. The molecule has 292 valence electrons. The van der Waals surface area contributed by atoms with Crippen molar-refractivity contribution in [2.75, 3.05) is 62.2 Å². The van der Waals surface area contributed by atoms with Crippen LogP contribution in [-0.2, 0) is 32.0 Å². The van der Waals surface area contributed by atoms with Crippen molar-refractivity contribution in [2.45, 2.75) is 63.5 Å². The Kier molecular flexibility index (Phi) is 12.7. The second-order valence-corrected chi connectivity index (χ2v) is 16.8. The van der Waals surface area contributed by atoms with Crippen molar-refractivity contribution in [3.05, 3.63) is 75.2 Å². The van der Waals surface area contributed by atoms with E-state index in [-0.39, 0.29) is 54.2 Å². The van der Waals surface area contributed by atoms with E-state index in [4.69, 9.17) is 0 Å². The number of hydrogen-bond acceptors (Lipinski definition) is 9. The van der Waals surface area contributed by atoms with E-state index in [9.17, 15) is 24.3 Å². The lowest BCUT2D eigenvalue weighted by molar-refractivity contribution is -0.140. The number of amides is 4. The molecular weight excluding hydrogens is 832 g/mol. The van der Waals surface area contributed by atoms with Gasteiger partial charge in [-0.25, -0.2) is 0 Å². The van der Waals surface area contributed by atoms with Gasteiger partial charge in [0.2, 0.25) is 23.6 Å². The SMILES string of the molecule is O=C(N[C@@H](CC1CCNCC1)C(=O)N1CCN(c2ccncc2)CC1)[C@H](CC(=O)N1CCC(N2C(=O)Cc3ncccc32)CC1)Cc1cc(Br)c(O)c(Br)c1. The van der Waals surface area contributed by atoms with Crippen molar-refractivity contribution in [1.82, 2.24) is 30.4 Å². The lowest BCUT2D eigenvalue weighted by Gasteiger charge is -2.38. The Labute approximate surface area is 338 Å². The van der Waals surface area contributed by atoms with Crippen LogP contribution < -0.4 is 20.4 Å². The van der Waals surface area contributed by atoms with Crippen LogP contribution in [0.4, 0.5) is 11.4 Å². The van der Waals surface area contributed by atoms with E-state index in [1.807, 2.05) is 34.1 Å². The van der Waals surface area contributed by atoms with Gasteiger partial charge in [-0.1, -0.05) is 0 Å². The van der Waals surface area contributed by atoms with Gasteiger partial charge in [0.25, 0.3) is 0 Å². The Bertz CT molecular complexity index is 1840. The van der Waals surface area contributed by atoms with E-state index in [1.165, 1.54) is 0 Å². The molecule has 0 spiro atoms. The lowest BCUT2D eigenvalue weighted by atomic mass is 9.89. The van der Waals surface area contributed by atoms with Gasteiger partial charge in [0.15, 0.2) is 0 Å². The Hall–Kier alpha value is -4.08. The Morgan fingerprint density at radius 2 is 1.60 bits per heavy atom. The molecule has 0 radical (unpaired) electrons. The van der Waals surface area contributed by atoms with Crippen molar-refractivity contribution in [3.63, 3.8) is 0 Å². The largest absolute Gasteiger partial charge is 0.506 e. The molecule has 6 heterocycles. The fourth-order valence-electron chi connectivity index (χ4n) is 8.46. The number of piperidine rings is 2. The number of aromatic nitrogens is 2. The van der Waals surface area contributed by atoms with Gasteiger partial charge in [0.05, 0.1) is 32.7 Å². The molecule has 3 N–H and O–H groups in total. The maximum Gasteiger partial charge on any atom is 0.245 e. The molecule has 0 aliphatic carbocycles. The number of anilines is 2. The Morgan fingerprint density at radius 3 is 2.29 bits per heavy atom. The first-order valence-corrected chi connectivity index (χ1v) is 20.9. The van der Waals surface area contributed by atoms with Crippen LogP contribution in [0.2, 0.25) is 0 Å². The molecule has 13 nitrogen and oxygen atoms in total. The van der Waals surface area contributed by atoms with E-state index >= 15 is 0 Å². The number of phenols is 1. The summed E-state index contributed by atoms with van der Waals surface area (Å²) < 4.78 is 0.949. The summed E-state index contributed by atoms with van der Waals surface area (Å²) in [5.74, 6) is -0.961. The van der Waals surface area contributed by atoms with Gasteiger partial charge in [0.1, 0.15) is 11.8 Å². The number of pyridine rings is 2. The lowest BCUT2D eigenvalue weighted by Crippen LogP contribution is -2.56. The molecule has 7 rings (SSSR count). The number of carbonyl (C=O) groups is 4. The minimum Gasteiger partial charge on any atom is -0.506 e. The fourth-order valence-corrected chi connectivity index (χ4v) is 9.74. The molecule has 2 atom stereocenters. The van der Waals surface area contributed by atoms with Crippen molar-refractivity contribution in [3.8, 4) is 5.75 Å². The van der Waals surface area contributed by atoms with E-state index < -0.39 is 12.0 Å². The number of likely N-dealkylation sites (tertiary alicyclic amines) is 1. The minimum atomic E-state index is -0.765. The highest BCUT2D eigenvalue weighted by atomic mass is 79.9. The van der Waals surface area contributed by atoms with Crippen LogP contribution in [0, 0.1) is 11.8 Å². The summed E-state index contributed by atoms with van der Waals surface area (Å²) in [6.45, 7) is 5.12. The third-order valence-electron chi connectivity index (χ3n) is 11.5. The van der Waals surface area contributed by atoms with Gasteiger partial charge in [0, 0.05) is 76.0 Å². The van der Waals surface area contributed by atoms with Crippen LogP contribution in [0.5, 0.6) is 5.75 Å². The monoisotopic (exact) mass is 878 g/mol. The van der Waals surface area contributed by atoms with E-state index in [0.717, 1.165) is 48.6 Å². The first-order chi connectivity index (χ1) is 26.6. The van der Waals surface area contributed by atoms with Gasteiger partial charge < -0.3 is 35.3 Å². The Morgan fingerprint density at radius 1 is 0.909 bits per heavy atom. The maximum absolute atomic E-state index is 14.5. The molecule has 1 aromatic carbocycles. The number of hydrogen-bond donors (Lipinski definition) is 3. The van der Waals surface area contributed by atoms with Gasteiger partial charge in [-0.05, 0) is 131 Å². The summed E-state index contributed by atoms with van der Waals surface area (Å²) in [5.41, 5.74) is 3.47. The smallest absolute Gasteiger partial charge is 0.245 e. The quantitative estimate of drug-likeness (QED) is 0.259. The highest BCUT2D eigenvalue weighted by Gasteiger charge is 2.38. The molecule has 4 aliphatic rings. The second kappa shape index (κ2) is 17.8. The number of fused-ring (bicyclic) bond motifs is 1. The van der Waals surface area contributed by atoms with Crippen molar-refractivity contribution >= 4 is 66.9 Å². The Balaban J connectivity index is 1.05. The first-order valence-electron chi connectivity index (χ1n) is 19.3. The minimum absolute atomic E-state index is 0.0267. The van der Waals surface area contributed by atoms with Crippen molar-refractivity contribution in [1.29, 1.82) is 0 Å². The maximum atomic E-state index is 14.5. The van der Waals surface area contributed by atoms with Crippen LogP contribution in [0.3, 0.4) is 0 Å². The average molecular weight is 881 g/mol. The summed E-state index contributed by atoms with van der Waals surface area (Å²) >= 11 is 6.83. The number of aromatic hydroxyl groups is 1. The molecule has 0 unspecified atom stereocenters.